The van der Waals surface area contributed by atoms with Crippen molar-refractivity contribution in [3.8, 4) is 0 Å². The number of aliphatic carboxylic acids is 4. The Morgan fingerprint density at radius 3 is 1.20 bits per heavy atom. The Labute approximate surface area is 169 Å². The third-order valence-corrected chi connectivity index (χ3v) is 4.46. The van der Waals surface area contributed by atoms with Gasteiger partial charge >= 0.3 is 23.9 Å². The first-order chi connectivity index (χ1) is 13.8. The molecule has 30 heavy (non-hydrogen) atoms. The van der Waals surface area contributed by atoms with Crippen molar-refractivity contribution < 1.29 is 49.2 Å². The molecular formula is C18H20N2O10. The van der Waals surface area contributed by atoms with Crippen molar-refractivity contribution >= 4 is 35.4 Å². The molecule has 1 aromatic rings. The van der Waals surface area contributed by atoms with E-state index in [-0.39, 0.29) is 0 Å². The largest absolute Gasteiger partial charge is 0.481 e. The Kier molecular flexibility index (Phi) is 7.51. The number of hydrogen-bond acceptors (Lipinski definition) is 8. The van der Waals surface area contributed by atoms with Crippen LogP contribution in [0.5, 0.6) is 0 Å². The van der Waals surface area contributed by atoms with Gasteiger partial charge in [0.25, 0.3) is 0 Å². The van der Waals surface area contributed by atoms with E-state index in [9.17, 15) is 39.0 Å². The molecule has 1 aromatic carbocycles. The van der Waals surface area contributed by atoms with Crippen LogP contribution in [0.2, 0.25) is 0 Å². The van der Waals surface area contributed by atoms with E-state index in [1.54, 1.807) is 0 Å². The highest BCUT2D eigenvalue weighted by molar-refractivity contribution is 6.24. The molecule has 0 amide bonds. The van der Waals surface area contributed by atoms with Gasteiger partial charge in [-0.05, 0) is 12.8 Å². The van der Waals surface area contributed by atoms with Crippen LogP contribution in [0.15, 0.2) is 24.3 Å². The highest BCUT2D eigenvalue weighted by Gasteiger charge is 2.47. The molecule has 0 aromatic heterocycles. The Bertz CT molecular complexity index is 839. The van der Waals surface area contributed by atoms with Gasteiger partial charge in [0.15, 0.2) is 22.6 Å². The van der Waals surface area contributed by atoms with Gasteiger partial charge < -0.3 is 31.9 Å². The molecule has 8 N–H and O–H groups in total. The van der Waals surface area contributed by atoms with E-state index < -0.39 is 83.3 Å². The minimum Gasteiger partial charge on any atom is -0.481 e. The molecular weight excluding hydrogens is 404 g/mol. The molecule has 0 fully saturated rings. The molecule has 0 aliphatic rings. The lowest BCUT2D eigenvalue weighted by Crippen LogP contribution is -2.57. The van der Waals surface area contributed by atoms with Crippen molar-refractivity contribution in [2.24, 2.45) is 11.5 Å². The van der Waals surface area contributed by atoms with Gasteiger partial charge in [0.2, 0.25) is 0 Å². The number of hydrogen-bond donors (Lipinski definition) is 6. The molecule has 0 heterocycles. The van der Waals surface area contributed by atoms with Gasteiger partial charge in [0, 0.05) is 24.0 Å². The van der Waals surface area contributed by atoms with Gasteiger partial charge in [-0.2, -0.15) is 0 Å². The zero-order valence-corrected chi connectivity index (χ0v) is 15.5. The maximum Gasteiger partial charge on any atom is 0.331 e. The number of rotatable bonds is 12. The number of carboxylic acids is 4. The predicted octanol–water partition coefficient (Wildman–Crippen LogP) is -0.654. The summed E-state index contributed by atoms with van der Waals surface area (Å²) in [5, 5.41) is 36.3. The van der Waals surface area contributed by atoms with Gasteiger partial charge in [-0.15, -0.1) is 0 Å². The van der Waals surface area contributed by atoms with Crippen LogP contribution in [-0.4, -0.2) is 66.9 Å². The lowest BCUT2D eigenvalue weighted by Gasteiger charge is -2.26. The van der Waals surface area contributed by atoms with E-state index in [0.29, 0.717) is 0 Å². The number of carbonyl (C=O) groups is 6. The summed E-state index contributed by atoms with van der Waals surface area (Å²) in [7, 11) is 0. The van der Waals surface area contributed by atoms with E-state index in [1.807, 2.05) is 0 Å². The maximum atomic E-state index is 12.9. The fourth-order valence-corrected chi connectivity index (χ4v) is 2.60. The van der Waals surface area contributed by atoms with E-state index >= 15 is 0 Å². The van der Waals surface area contributed by atoms with Crippen molar-refractivity contribution in [3.63, 3.8) is 0 Å². The molecule has 12 nitrogen and oxygen atoms in total. The summed E-state index contributed by atoms with van der Waals surface area (Å²) in [6, 6.07) is 4.53. The van der Waals surface area contributed by atoms with Crippen LogP contribution < -0.4 is 11.5 Å². The number of Topliss-reactive ketones (excluding diaryl/α,β-unsaturated/α-hetero) is 2. The molecule has 0 spiro atoms. The Balaban J connectivity index is 3.50. The van der Waals surface area contributed by atoms with Crippen molar-refractivity contribution in [1.82, 2.24) is 0 Å². The Morgan fingerprint density at radius 2 is 0.967 bits per heavy atom. The standard InChI is InChI=1S/C18H20N2O10/c19-17(15(27)28,7-5-11(21)22)13(25)9-3-1-2-4-10(9)14(26)18(20,16(29)30)8-6-12(23)24/h1-4H,5-8,19-20H2,(H,21,22)(H,23,24)(H,27,28)(H,29,30). The second-order valence-electron chi connectivity index (χ2n) is 6.54. The molecule has 1 rings (SSSR count). The zero-order valence-electron chi connectivity index (χ0n) is 15.5. The molecule has 162 valence electrons. The van der Waals surface area contributed by atoms with Gasteiger partial charge in [0.05, 0.1) is 0 Å². The number of ketones is 2. The van der Waals surface area contributed by atoms with Crippen LogP contribution in [0.1, 0.15) is 46.4 Å². The summed E-state index contributed by atoms with van der Waals surface area (Å²) in [5.41, 5.74) is 4.72. The van der Waals surface area contributed by atoms with Crippen molar-refractivity contribution in [3.05, 3.63) is 35.4 Å². The zero-order chi connectivity index (χ0) is 23.3. The van der Waals surface area contributed by atoms with Gasteiger partial charge in [0.1, 0.15) is 0 Å². The quantitative estimate of drug-likeness (QED) is 0.181. The predicted molar refractivity (Wildman–Crippen MR) is 98.0 cm³/mol. The first-order valence-electron chi connectivity index (χ1n) is 8.44. The summed E-state index contributed by atoms with van der Waals surface area (Å²) in [4.78, 5) is 70.5. The van der Waals surface area contributed by atoms with Crippen molar-refractivity contribution in [1.29, 1.82) is 0 Å². The summed E-state index contributed by atoms with van der Waals surface area (Å²) < 4.78 is 0. The van der Waals surface area contributed by atoms with Crippen LogP contribution in [0.25, 0.3) is 0 Å². The van der Waals surface area contributed by atoms with Gasteiger partial charge in [-0.25, -0.2) is 9.59 Å². The normalized spacial score (nSPS) is 14.7. The monoisotopic (exact) mass is 424 g/mol. The van der Waals surface area contributed by atoms with Crippen molar-refractivity contribution in [2.45, 2.75) is 36.8 Å². The lowest BCUT2D eigenvalue weighted by atomic mass is 9.79. The minimum absolute atomic E-state index is 0.579. The molecule has 0 radical (unpaired) electrons. The molecule has 0 bridgehead atoms. The topological polar surface area (TPSA) is 235 Å². The fraction of sp³-hybridized carbons (Fsp3) is 0.333. The van der Waals surface area contributed by atoms with Crippen LogP contribution >= 0.6 is 0 Å². The van der Waals surface area contributed by atoms with E-state index in [4.69, 9.17) is 21.7 Å². The summed E-state index contributed by atoms with van der Waals surface area (Å²) in [6.45, 7) is 0. The first kappa shape index (κ1) is 24.4. The van der Waals surface area contributed by atoms with Gasteiger partial charge in [-0.3, -0.25) is 19.2 Å². The van der Waals surface area contributed by atoms with Gasteiger partial charge in [-0.1, -0.05) is 24.3 Å². The third-order valence-electron chi connectivity index (χ3n) is 4.46. The highest BCUT2D eigenvalue weighted by Crippen LogP contribution is 2.25. The Morgan fingerprint density at radius 1 is 0.667 bits per heavy atom. The van der Waals surface area contributed by atoms with E-state index in [0.717, 1.165) is 12.1 Å². The van der Waals surface area contributed by atoms with Crippen LogP contribution in [0.3, 0.4) is 0 Å². The summed E-state index contributed by atoms with van der Waals surface area (Å²) in [5.74, 6) is -9.18. The molecule has 12 heteroatoms. The average Bonchev–Trinajstić information content (AvgIpc) is 2.68. The number of carboxylic acid groups (broad SMARTS) is 4. The third kappa shape index (κ3) is 5.04. The molecule has 2 unspecified atom stereocenters. The average molecular weight is 424 g/mol. The second-order valence-corrected chi connectivity index (χ2v) is 6.54. The second kappa shape index (κ2) is 9.24. The molecule has 2 atom stereocenters. The number of benzene rings is 1. The van der Waals surface area contributed by atoms with Crippen LogP contribution in [0.4, 0.5) is 0 Å². The van der Waals surface area contributed by atoms with E-state index in [2.05, 4.69) is 0 Å². The van der Waals surface area contributed by atoms with E-state index in [1.165, 1.54) is 12.1 Å². The smallest absolute Gasteiger partial charge is 0.331 e. The minimum atomic E-state index is -2.71. The maximum absolute atomic E-state index is 12.9. The van der Waals surface area contributed by atoms with Crippen LogP contribution in [0, 0.1) is 0 Å². The molecule has 0 aliphatic carbocycles. The highest BCUT2D eigenvalue weighted by atomic mass is 16.4. The molecule has 0 saturated carbocycles. The Hall–Kier alpha value is -3.64. The summed E-state index contributed by atoms with van der Waals surface area (Å²) in [6.07, 6.45) is -3.13. The molecule has 0 saturated heterocycles. The number of nitrogens with two attached hydrogens (primary N) is 2. The first-order valence-corrected chi connectivity index (χ1v) is 8.44. The van der Waals surface area contributed by atoms with Crippen molar-refractivity contribution in [2.75, 3.05) is 0 Å². The lowest BCUT2D eigenvalue weighted by molar-refractivity contribution is -0.144. The number of carbonyl (C=O) groups excluding carboxylic acids is 2. The summed E-state index contributed by atoms with van der Waals surface area (Å²) >= 11 is 0. The van der Waals surface area contributed by atoms with Crippen LogP contribution in [-0.2, 0) is 19.2 Å². The SMILES string of the molecule is NC(CCC(=O)O)(C(=O)O)C(=O)c1ccccc1C(=O)C(N)(CCC(=O)O)C(=O)O. The molecule has 0 aliphatic heterocycles. The fourth-order valence-electron chi connectivity index (χ4n) is 2.60.